The smallest absolute Gasteiger partial charge is 0.144 e. The second-order valence-corrected chi connectivity index (χ2v) is 12.7. The maximum Gasteiger partial charge on any atom is 0.144 e. The number of carbonyl (C=O) groups excluding carboxylic acids is 2. The van der Waals surface area contributed by atoms with Crippen molar-refractivity contribution in [3.8, 4) is 0 Å². The molecule has 0 N–H and O–H groups in total. The van der Waals surface area contributed by atoms with E-state index in [0.29, 0.717) is 12.2 Å². The summed E-state index contributed by atoms with van der Waals surface area (Å²) in [6.07, 6.45) is 0.769. The maximum absolute atomic E-state index is 9.41. The van der Waals surface area contributed by atoms with Crippen LogP contribution in [0, 0.1) is 0 Å². The summed E-state index contributed by atoms with van der Waals surface area (Å²) >= 11 is 0. The molecule has 0 saturated carbocycles. The van der Waals surface area contributed by atoms with Crippen molar-refractivity contribution in [2.24, 2.45) is 0 Å². The molecule has 0 fully saturated rings. The van der Waals surface area contributed by atoms with Crippen LogP contribution >= 0.6 is 16.5 Å². The summed E-state index contributed by atoms with van der Waals surface area (Å²) in [5, 5.41) is 25.7. The monoisotopic (exact) mass is 564 g/mol. The fraction of sp³-hybridized carbons (Fsp3) is 0. The average Bonchev–Trinajstić information content (AvgIpc) is 3.00. The molecule has 200 valence electrons. The molecule has 0 aliphatic carbocycles. The fourth-order valence-electron chi connectivity index (χ4n) is 4.11. The third-order valence-corrected chi connectivity index (χ3v) is 10.5. The summed E-state index contributed by atoms with van der Waals surface area (Å²) in [5.41, 5.74) is 0. The van der Waals surface area contributed by atoms with Crippen molar-refractivity contribution in [2.75, 3.05) is 0 Å². The van der Waals surface area contributed by atoms with Crippen molar-refractivity contribution in [1.29, 1.82) is 0 Å². The predicted octanol–water partition coefficient (Wildman–Crippen LogP) is 2.27. The van der Waals surface area contributed by atoms with Crippen molar-refractivity contribution >= 4 is 55.0 Å². The van der Waals surface area contributed by atoms with E-state index >= 15 is 0 Å². The molecule has 0 radical (unpaired) electrons. The third-order valence-electron chi connectivity index (χ3n) is 5.77. The van der Waals surface area contributed by atoms with E-state index in [9.17, 15) is 19.8 Å². The molecule has 0 aliphatic heterocycles. The molecule has 5 rings (SSSR count). The lowest BCUT2D eigenvalue weighted by atomic mass is 10.3. The number of hydrogen-bond donors (Lipinski definition) is 0. The lowest BCUT2D eigenvalue weighted by molar-refractivity contribution is -0.301. The van der Waals surface area contributed by atoms with Crippen molar-refractivity contribution in [3.63, 3.8) is 0 Å². The Morgan fingerprint density at radius 3 is 0.850 bits per heavy atom. The van der Waals surface area contributed by atoms with Crippen molar-refractivity contribution in [2.45, 2.75) is 0 Å². The molecule has 1 atom stereocenters. The van der Waals surface area contributed by atoms with E-state index in [1.165, 1.54) is 26.5 Å². The molecule has 0 spiro atoms. The predicted molar refractivity (Wildman–Crippen MR) is 168 cm³/mol. The zero-order valence-electron chi connectivity index (χ0n) is 21.9. The Kier molecular flexibility index (Phi) is 12.0. The molecule has 5 aromatic carbocycles. The Bertz CT molecular complexity index is 1300. The van der Waals surface area contributed by atoms with E-state index in [-0.39, 0.29) is 0 Å². The molecule has 40 heavy (non-hydrogen) atoms. The SMILES string of the molecule is O=C([O-])/C=C\C(=O)[O-].[PH3+]c1ccccc1.c1ccc([P+](c2ccccc2)(c2ccccc2)c2ccccc2)cc1. The summed E-state index contributed by atoms with van der Waals surface area (Å²) in [6, 6.07) is 54.1. The van der Waals surface area contributed by atoms with Crippen LogP contribution in [0.1, 0.15) is 0 Å². The highest BCUT2D eigenvalue weighted by Gasteiger charge is 2.47. The van der Waals surface area contributed by atoms with Gasteiger partial charge < -0.3 is 19.8 Å². The van der Waals surface area contributed by atoms with Gasteiger partial charge in [0.25, 0.3) is 0 Å². The third kappa shape index (κ3) is 8.58. The van der Waals surface area contributed by atoms with E-state index in [4.69, 9.17) is 0 Å². The van der Waals surface area contributed by atoms with Crippen LogP contribution in [0.25, 0.3) is 0 Å². The number of carboxylic acid groups (broad SMARTS) is 2. The minimum Gasteiger partial charge on any atom is -0.545 e. The second-order valence-electron chi connectivity index (χ2n) is 8.47. The highest BCUT2D eigenvalue weighted by molar-refractivity contribution is 8.01. The number of carbonyl (C=O) groups is 2. The normalized spacial score (nSPS) is 10.5. The molecule has 4 nitrogen and oxygen atoms in total. The van der Waals surface area contributed by atoms with E-state index in [1.807, 2.05) is 27.4 Å². The van der Waals surface area contributed by atoms with Crippen molar-refractivity contribution in [3.05, 3.63) is 164 Å². The molecule has 0 bridgehead atoms. The Morgan fingerprint density at radius 1 is 0.450 bits per heavy atom. The maximum atomic E-state index is 9.41. The molecule has 1 unspecified atom stereocenters. The zero-order valence-corrected chi connectivity index (χ0v) is 24.2. The first-order chi connectivity index (χ1) is 19.4. The first-order valence-corrected chi connectivity index (χ1v) is 15.0. The minimum absolute atomic E-state index is 0.384. The summed E-state index contributed by atoms with van der Waals surface area (Å²) in [7, 11) is -0.00420. The van der Waals surface area contributed by atoms with Crippen LogP contribution in [0.3, 0.4) is 0 Å². The van der Waals surface area contributed by atoms with E-state index in [1.54, 1.807) is 0 Å². The minimum atomic E-state index is -1.91. The molecular weight excluding hydrogens is 534 g/mol. The van der Waals surface area contributed by atoms with Gasteiger partial charge in [0, 0.05) is 9.24 Å². The van der Waals surface area contributed by atoms with Gasteiger partial charge in [0.05, 0.1) is 17.2 Å². The van der Waals surface area contributed by atoms with Crippen LogP contribution in [-0.4, -0.2) is 11.9 Å². The van der Waals surface area contributed by atoms with Crippen molar-refractivity contribution < 1.29 is 19.8 Å². The van der Waals surface area contributed by atoms with Gasteiger partial charge in [0.2, 0.25) is 0 Å². The summed E-state index contributed by atoms with van der Waals surface area (Å²) in [6.45, 7) is 0. The number of aliphatic carboxylic acids is 2. The highest BCUT2D eigenvalue weighted by atomic mass is 31.2. The van der Waals surface area contributed by atoms with Crippen LogP contribution in [0.2, 0.25) is 0 Å². The topological polar surface area (TPSA) is 80.3 Å². The van der Waals surface area contributed by atoms with E-state index in [0.717, 1.165) is 0 Å². The molecule has 0 heterocycles. The summed E-state index contributed by atoms with van der Waals surface area (Å²) in [4.78, 5) is 18.8. The van der Waals surface area contributed by atoms with E-state index in [2.05, 4.69) is 133 Å². The molecule has 0 aliphatic rings. The lowest BCUT2D eigenvalue weighted by Crippen LogP contribution is -2.38. The Labute approximate surface area is 238 Å². The lowest BCUT2D eigenvalue weighted by Gasteiger charge is -2.27. The Balaban J connectivity index is 0.000000241. The first kappa shape index (κ1) is 30.2. The number of hydrogen-bond acceptors (Lipinski definition) is 4. The van der Waals surface area contributed by atoms with Gasteiger partial charge in [0.1, 0.15) is 28.5 Å². The van der Waals surface area contributed by atoms with Gasteiger partial charge in [-0.15, -0.1) is 0 Å². The molecule has 6 heteroatoms. The molecule has 0 amide bonds. The fourth-order valence-corrected chi connectivity index (χ4v) is 8.65. The van der Waals surface area contributed by atoms with Crippen LogP contribution in [0.5, 0.6) is 0 Å². The molecule has 5 aromatic rings. The Hall–Kier alpha value is -4.36. The largest absolute Gasteiger partial charge is 0.545 e. The van der Waals surface area contributed by atoms with Crippen LogP contribution in [-0.2, 0) is 9.59 Å². The van der Waals surface area contributed by atoms with Crippen molar-refractivity contribution in [1.82, 2.24) is 0 Å². The van der Waals surface area contributed by atoms with Gasteiger partial charge in [-0.2, -0.15) is 0 Å². The zero-order chi connectivity index (χ0) is 28.6. The van der Waals surface area contributed by atoms with Gasteiger partial charge in [-0.05, 0) is 72.8 Å². The number of carboxylic acids is 2. The molecule has 0 saturated heterocycles. The Morgan fingerprint density at radius 2 is 0.675 bits per heavy atom. The van der Waals surface area contributed by atoms with Gasteiger partial charge in [-0.1, -0.05) is 91.0 Å². The van der Waals surface area contributed by atoms with Gasteiger partial charge in [-0.25, -0.2) is 0 Å². The average molecular weight is 565 g/mol. The van der Waals surface area contributed by atoms with Crippen LogP contribution in [0.4, 0.5) is 0 Å². The van der Waals surface area contributed by atoms with Crippen LogP contribution < -0.4 is 36.7 Å². The number of benzene rings is 5. The van der Waals surface area contributed by atoms with Gasteiger partial charge in [-0.3, -0.25) is 0 Å². The van der Waals surface area contributed by atoms with Gasteiger partial charge in [0.15, 0.2) is 0 Å². The van der Waals surface area contributed by atoms with E-state index < -0.39 is 19.2 Å². The molecular formula is C34H30O4P2. The quantitative estimate of drug-likeness (QED) is 0.234. The summed E-state index contributed by atoms with van der Waals surface area (Å²) in [5.74, 6) is -3.09. The highest BCUT2D eigenvalue weighted by Crippen LogP contribution is 2.53. The molecule has 0 aromatic heterocycles. The summed E-state index contributed by atoms with van der Waals surface area (Å²) < 4.78 is 0. The number of rotatable bonds is 6. The van der Waals surface area contributed by atoms with Gasteiger partial charge >= 0.3 is 0 Å². The first-order valence-electron chi connectivity index (χ1n) is 12.5. The standard InChI is InChI=1S/C24H20P.C6H7P.C4H4O4/c1-5-13-21(14-6-1)25(22-15-7-2-8-16-22,23-17-9-3-10-18-23)24-19-11-4-12-20-24;7-6-4-2-1-3-5-6;5-3(6)1-2-4(7)8/h1-20H;1-5H,7H2;1-2H,(H,5,6)(H,7,8)/q+1;;/p-1/b;;2-1-. The second kappa shape index (κ2) is 15.9. The van der Waals surface area contributed by atoms with Crippen LogP contribution in [0.15, 0.2) is 164 Å².